The molecule has 0 aliphatic heterocycles. The Morgan fingerprint density at radius 2 is 2.05 bits per heavy atom. The van der Waals surface area contributed by atoms with E-state index in [0.717, 1.165) is 41.5 Å². The molecule has 1 fully saturated rings. The molecule has 1 aromatic rings. The Kier molecular flexibility index (Phi) is 5.38. The van der Waals surface area contributed by atoms with E-state index in [1.807, 2.05) is 0 Å². The van der Waals surface area contributed by atoms with Crippen molar-refractivity contribution in [1.82, 2.24) is 0 Å². The number of carboxylic acids is 1. The van der Waals surface area contributed by atoms with Gasteiger partial charge in [-0.15, -0.1) is 0 Å². The van der Waals surface area contributed by atoms with Gasteiger partial charge in [-0.2, -0.15) is 0 Å². The topological polar surface area (TPSA) is 92.5 Å². The average molecular weight is 404 g/mol. The molecule has 0 bridgehead atoms. The molecule has 0 radical (unpaired) electrons. The van der Waals surface area contributed by atoms with E-state index in [9.17, 15) is 14.9 Å². The number of hydrogen-bond acceptors (Lipinski definition) is 4. The molecular formula is C14H17IN2O4. The second-order valence-corrected chi connectivity index (χ2v) is 6.52. The van der Waals surface area contributed by atoms with Gasteiger partial charge in [-0.05, 0) is 60.3 Å². The standard InChI is InChI=1S/C14H17IN2O4/c15-12-7-11(17(20)21)5-6-13(12)16-8-9-1-3-10(4-2-9)14(18)19/h5-7,9-10,16H,1-4,8H2,(H,18,19). The Balaban J connectivity index is 1.87. The molecule has 114 valence electrons. The Morgan fingerprint density at radius 3 is 2.57 bits per heavy atom. The maximum atomic E-state index is 10.9. The van der Waals surface area contributed by atoms with Crippen LogP contribution in [0.4, 0.5) is 11.4 Å². The van der Waals surface area contributed by atoms with Crippen LogP contribution >= 0.6 is 22.6 Å². The number of aliphatic carboxylic acids is 1. The number of carbonyl (C=O) groups is 1. The van der Waals surface area contributed by atoms with Crippen LogP contribution in [0.5, 0.6) is 0 Å². The molecule has 2 rings (SSSR count). The summed E-state index contributed by atoms with van der Waals surface area (Å²) in [6.45, 7) is 0.778. The second-order valence-electron chi connectivity index (χ2n) is 5.36. The zero-order valence-electron chi connectivity index (χ0n) is 11.4. The quantitative estimate of drug-likeness (QED) is 0.445. The Bertz CT molecular complexity index is 542. The highest BCUT2D eigenvalue weighted by Gasteiger charge is 2.25. The third-order valence-corrected chi connectivity index (χ3v) is 4.83. The van der Waals surface area contributed by atoms with Crippen LogP contribution in [0, 0.1) is 25.5 Å². The molecule has 0 saturated heterocycles. The molecule has 0 aromatic heterocycles. The van der Waals surface area contributed by atoms with Gasteiger partial charge in [0.05, 0.1) is 10.8 Å². The smallest absolute Gasteiger partial charge is 0.306 e. The highest BCUT2D eigenvalue weighted by Crippen LogP contribution is 2.30. The summed E-state index contributed by atoms with van der Waals surface area (Å²) in [5.41, 5.74) is 0.980. The number of halogens is 1. The molecule has 1 aliphatic rings. The number of nitro benzene ring substituents is 1. The molecular weight excluding hydrogens is 387 g/mol. The number of carboxylic acid groups (broad SMARTS) is 1. The van der Waals surface area contributed by atoms with Crippen LogP contribution in [0.25, 0.3) is 0 Å². The van der Waals surface area contributed by atoms with Gasteiger partial charge in [0.2, 0.25) is 0 Å². The molecule has 6 nitrogen and oxygen atoms in total. The van der Waals surface area contributed by atoms with Gasteiger partial charge in [-0.3, -0.25) is 14.9 Å². The molecule has 1 saturated carbocycles. The van der Waals surface area contributed by atoms with Crippen LogP contribution in [0.1, 0.15) is 25.7 Å². The molecule has 0 spiro atoms. The molecule has 0 amide bonds. The molecule has 0 unspecified atom stereocenters. The summed E-state index contributed by atoms with van der Waals surface area (Å²) in [6, 6.07) is 4.76. The van der Waals surface area contributed by atoms with E-state index < -0.39 is 10.9 Å². The monoisotopic (exact) mass is 404 g/mol. The van der Waals surface area contributed by atoms with E-state index in [-0.39, 0.29) is 11.6 Å². The van der Waals surface area contributed by atoms with Crippen LogP contribution in [-0.4, -0.2) is 22.5 Å². The fourth-order valence-corrected chi connectivity index (χ4v) is 3.32. The molecule has 21 heavy (non-hydrogen) atoms. The largest absolute Gasteiger partial charge is 0.481 e. The van der Waals surface area contributed by atoms with E-state index in [1.165, 1.54) is 6.07 Å². The van der Waals surface area contributed by atoms with Crippen molar-refractivity contribution in [3.05, 3.63) is 31.9 Å². The maximum absolute atomic E-state index is 10.9. The summed E-state index contributed by atoms with van der Waals surface area (Å²) in [7, 11) is 0. The average Bonchev–Trinajstić information content (AvgIpc) is 2.46. The van der Waals surface area contributed by atoms with Crippen molar-refractivity contribution in [3.8, 4) is 0 Å². The first-order valence-electron chi connectivity index (χ1n) is 6.88. The van der Waals surface area contributed by atoms with Crippen molar-refractivity contribution in [2.24, 2.45) is 11.8 Å². The summed E-state index contributed by atoms with van der Waals surface area (Å²) >= 11 is 2.08. The fourth-order valence-electron chi connectivity index (χ4n) is 2.63. The molecule has 0 atom stereocenters. The summed E-state index contributed by atoms with van der Waals surface area (Å²) in [5.74, 6) is -0.418. The third-order valence-electron chi connectivity index (χ3n) is 3.94. The number of non-ortho nitro benzene ring substituents is 1. The van der Waals surface area contributed by atoms with Gasteiger partial charge in [0.25, 0.3) is 5.69 Å². The second kappa shape index (κ2) is 7.06. The van der Waals surface area contributed by atoms with Gasteiger partial charge in [-0.25, -0.2) is 0 Å². The summed E-state index contributed by atoms with van der Waals surface area (Å²) in [4.78, 5) is 21.2. The SMILES string of the molecule is O=C(O)C1CCC(CNc2ccc([N+](=O)[O-])cc2I)CC1. The highest BCUT2D eigenvalue weighted by atomic mass is 127. The van der Waals surface area contributed by atoms with Gasteiger partial charge < -0.3 is 10.4 Å². The Morgan fingerprint density at radius 1 is 1.38 bits per heavy atom. The van der Waals surface area contributed by atoms with Crippen molar-refractivity contribution in [2.75, 3.05) is 11.9 Å². The first-order valence-corrected chi connectivity index (χ1v) is 7.96. The van der Waals surface area contributed by atoms with Crippen LogP contribution in [0.15, 0.2) is 18.2 Å². The predicted molar refractivity (Wildman–Crippen MR) is 87.4 cm³/mol. The predicted octanol–water partition coefficient (Wildman–Crippen LogP) is 3.50. The van der Waals surface area contributed by atoms with Crippen molar-refractivity contribution in [1.29, 1.82) is 0 Å². The summed E-state index contributed by atoms with van der Waals surface area (Å²) in [6.07, 6.45) is 3.29. The van der Waals surface area contributed by atoms with E-state index >= 15 is 0 Å². The first-order chi connectivity index (χ1) is 9.97. The molecule has 2 N–H and O–H groups in total. The van der Waals surface area contributed by atoms with E-state index in [2.05, 4.69) is 27.9 Å². The highest BCUT2D eigenvalue weighted by molar-refractivity contribution is 14.1. The lowest BCUT2D eigenvalue weighted by Gasteiger charge is -2.26. The number of rotatable bonds is 5. The minimum absolute atomic E-state index is 0.0897. The van der Waals surface area contributed by atoms with Crippen molar-refractivity contribution in [2.45, 2.75) is 25.7 Å². The number of benzene rings is 1. The lowest BCUT2D eigenvalue weighted by Crippen LogP contribution is -2.25. The van der Waals surface area contributed by atoms with Gasteiger partial charge in [-0.1, -0.05) is 0 Å². The molecule has 0 heterocycles. The summed E-state index contributed by atoms with van der Waals surface area (Å²) in [5, 5.41) is 23.0. The number of hydrogen-bond donors (Lipinski definition) is 2. The third kappa shape index (κ3) is 4.29. The minimum Gasteiger partial charge on any atom is -0.481 e. The van der Waals surface area contributed by atoms with Crippen LogP contribution in [-0.2, 0) is 4.79 Å². The first kappa shape index (κ1) is 16.0. The Labute approximate surface area is 136 Å². The fraction of sp³-hybridized carbons (Fsp3) is 0.500. The van der Waals surface area contributed by atoms with Crippen LogP contribution < -0.4 is 5.32 Å². The van der Waals surface area contributed by atoms with Crippen molar-refractivity contribution in [3.63, 3.8) is 0 Å². The van der Waals surface area contributed by atoms with E-state index in [0.29, 0.717) is 5.92 Å². The minimum atomic E-state index is -0.689. The molecule has 7 heteroatoms. The van der Waals surface area contributed by atoms with Crippen LogP contribution in [0.3, 0.4) is 0 Å². The van der Waals surface area contributed by atoms with Crippen LogP contribution in [0.2, 0.25) is 0 Å². The summed E-state index contributed by atoms with van der Waals surface area (Å²) < 4.78 is 0.820. The zero-order valence-corrected chi connectivity index (χ0v) is 13.6. The van der Waals surface area contributed by atoms with E-state index in [1.54, 1.807) is 12.1 Å². The zero-order chi connectivity index (χ0) is 15.4. The lowest BCUT2D eigenvalue weighted by molar-refractivity contribution is -0.384. The number of anilines is 1. The van der Waals surface area contributed by atoms with Gasteiger partial charge in [0.15, 0.2) is 0 Å². The molecule has 1 aliphatic carbocycles. The molecule has 1 aromatic carbocycles. The maximum Gasteiger partial charge on any atom is 0.306 e. The van der Waals surface area contributed by atoms with Crippen molar-refractivity contribution < 1.29 is 14.8 Å². The number of nitro groups is 1. The number of nitrogens with zero attached hydrogens (tertiary/aromatic N) is 1. The Hall–Kier alpha value is -1.38. The van der Waals surface area contributed by atoms with E-state index in [4.69, 9.17) is 5.11 Å². The van der Waals surface area contributed by atoms with Gasteiger partial charge >= 0.3 is 5.97 Å². The van der Waals surface area contributed by atoms with Gasteiger partial charge in [0, 0.05) is 27.9 Å². The van der Waals surface area contributed by atoms with Gasteiger partial charge in [0.1, 0.15) is 0 Å². The number of nitrogens with one attached hydrogen (secondary N) is 1. The van der Waals surface area contributed by atoms with Crippen molar-refractivity contribution >= 4 is 39.9 Å². The normalized spacial score (nSPS) is 21.8. The lowest BCUT2D eigenvalue weighted by atomic mass is 9.82.